The van der Waals surface area contributed by atoms with Crippen molar-refractivity contribution in [1.82, 2.24) is 5.32 Å². The number of nitrogens with one attached hydrogen (secondary N) is 1. The van der Waals surface area contributed by atoms with Crippen molar-refractivity contribution in [2.45, 2.75) is 26.7 Å². The predicted molar refractivity (Wildman–Crippen MR) is 90.5 cm³/mol. The van der Waals surface area contributed by atoms with Gasteiger partial charge in [-0.3, -0.25) is 0 Å². The average molecular weight is 363 g/mol. The van der Waals surface area contributed by atoms with Crippen molar-refractivity contribution < 1.29 is 4.74 Å². The van der Waals surface area contributed by atoms with Crippen molar-refractivity contribution in [3.8, 4) is 0 Å². The van der Waals surface area contributed by atoms with E-state index in [2.05, 4.69) is 47.2 Å². The Morgan fingerprint density at radius 2 is 2.10 bits per heavy atom. The summed E-state index contributed by atoms with van der Waals surface area (Å²) >= 11 is 9.77. The molecule has 1 atom stereocenters. The highest BCUT2D eigenvalue weighted by Crippen LogP contribution is 2.25. The zero-order chi connectivity index (χ0) is 15.0. The van der Waals surface area contributed by atoms with E-state index in [0.29, 0.717) is 11.8 Å². The lowest BCUT2D eigenvalue weighted by molar-refractivity contribution is 0.197. The molecule has 0 amide bonds. The number of rotatable bonds is 9. The molecule has 1 unspecified atom stereocenters. The molecule has 1 rings (SSSR count). The number of ether oxygens (including phenoxy) is 1. The standard InChI is InChI=1S/C16H25BrClNO/c1-12(2)8-13(11-19-6-7-20-3)9-14-4-5-15(17)10-16(14)18/h4-5,10,12-13,19H,6-9,11H2,1-3H3. The lowest BCUT2D eigenvalue weighted by Crippen LogP contribution is -2.28. The van der Waals surface area contributed by atoms with Crippen molar-refractivity contribution in [3.05, 3.63) is 33.3 Å². The first kappa shape index (κ1) is 18.0. The minimum atomic E-state index is 0.602. The lowest BCUT2D eigenvalue weighted by Gasteiger charge is -2.20. The highest BCUT2D eigenvalue weighted by molar-refractivity contribution is 9.10. The van der Waals surface area contributed by atoms with E-state index in [1.165, 1.54) is 12.0 Å². The molecule has 1 N–H and O–H groups in total. The van der Waals surface area contributed by atoms with Gasteiger partial charge in [0.1, 0.15) is 0 Å². The fraction of sp³-hybridized carbons (Fsp3) is 0.625. The zero-order valence-corrected chi connectivity index (χ0v) is 14.9. The third-order valence-electron chi connectivity index (χ3n) is 3.24. The molecule has 0 spiro atoms. The number of hydrogen-bond donors (Lipinski definition) is 1. The Morgan fingerprint density at radius 3 is 2.70 bits per heavy atom. The Morgan fingerprint density at radius 1 is 1.35 bits per heavy atom. The van der Waals surface area contributed by atoms with Crippen LogP contribution in [0.3, 0.4) is 0 Å². The van der Waals surface area contributed by atoms with Gasteiger partial charge in [-0.2, -0.15) is 0 Å². The summed E-state index contributed by atoms with van der Waals surface area (Å²) in [7, 11) is 1.73. The summed E-state index contributed by atoms with van der Waals surface area (Å²) in [4.78, 5) is 0. The van der Waals surface area contributed by atoms with Crippen LogP contribution in [0.1, 0.15) is 25.8 Å². The van der Waals surface area contributed by atoms with E-state index in [1.54, 1.807) is 7.11 Å². The van der Waals surface area contributed by atoms with Gasteiger partial charge < -0.3 is 10.1 Å². The molecular weight excluding hydrogens is 338 g/mol. The second-order valence-electron chi connectivity index (χ2n) is 5.63. The van der Waals surface area contributed by atoms with Crippen LogP contribution in [0.15, 0.2) is 22.7 Å². The first-order chi connectivity index (χ1) is 9.52. The van der Waals surface area contributed by atoms with Gasteiger partial charge in [0.05, 0.1) is 6.61 Å². The highest BCUT2D eigenvalue weighted by atomic mass is 79.9. The number of benzene rings is 1. The zero-order valence-electron chi connectivity index (χ0n) is 12.6. The number of halogens is 2. The van der Waals surface area contributed by atoms with Gasteiger partial charge in [-0.1, -0.05) is 47.4 Å². The van der Waals surface area contributed by atoms with Gasteiger partial charge in [0, 0.05) is 23.1 Å². The SMILES string of the molecule is COCCNCC(Cc1ccc(Br)cc1Cl)CC(C)C. The van der Waals surface area contributed by atoms with Gasteiger partial charge in [0.2, 0.25) is 0 Å². The van der Waals surface area contributed by atoms with E-state index < -0.39 is 0 Å². The van der Waals surface area contributed by atoms with Crippen LogP contribution in [-0.2, 0) is 11.2 Å². The maximum atomic E-state index is 6.32. The minimum absolute atomic E-state index is 0.602. The van der Waals surface area contributed by atoms with E-state index in [-0.39, 0.29) is 0 Å². The second kappa shape index (κ2) is 9.78. The van der Waals surface area contributed by atoms with Crippen LogP contribution in [0, 0.1) is 11.8 Å². The molecule has 0 saturated carbocycles. The first-order valence-electron chi connectivity index (χ1n) is 7.16. The molecule has 0 radical (unpaired) electrons. The maximum Gasteiger partial charge on any atom is 0.0587 e. The molecule has 4 heteroatoms. The molecular formula is C16H25BrClNO. The Labute approximate surface area is 136 Å². The van der Waals surface area contributed by atoms with E-state index >= 15 is 0 Å². The normalized spacial score (nSPS) is 12.9. The molecule has 0 saturated heterocycles. The molecule has 0 fully saturated rings. The fourth-order valence-electron chi connectivity index (χ4n) is 2.38. The van der Waals surface area contributed by atoms with E-state index in [0.717, 1.165) is 35.6 Å². The van der Waals surface area contributed by atoms with E-state index in [9.17, 15) is 0 Å². The summed E-state index contributed by atoms with van der Waals surface area (Å²) in [6.07, 6.45) is 2.22. The van der Waals surface area contributed by atoms with Gasteiger partial charge in [-0.05, 0) is 48.9 Å². The third-order valence-corrected chi connectivity index (χ3v) is 4.09. The second-order valence-corrected chi connectivity index (χ2v) is 6.96. The van der Waals surface area contributed by atoms with Crippen molar-refractivity contribution in [3.63, 3.8) is 0 Å². The maximum absolute atomic E-state index is 6.32. The summed E-state index contributed by atoms with van der Waals surface area (Å²) in [5.74, 6) is 1.30. The van der Waals surface area contributed by atoms with Gasteiger partial charge in [0.25, 0.3) is 0 Å². The molecule has 0 heterocycles. The van der Waals surface area contributed by atoms with Gasteiger partial charge in [-0.15, -0.1) is 0 Å². The predicted octanol–water partition coefficient (Wildman–Crippen LogP) is 4.54. The van der Waals surface area contributed by atoms with Gasteiger partial charge in [0.15, 0.2) is 0 Å². The summed E-state index contributed by atoms with van der Waals surface area (Å²) in [6.45, 7) is 7.21. The lowest BCUT2D eigenvalue weighted by atomic mass is 9.91. The molecule has 2 nitrogen and oxygen atoms in total. The fourth-order valence-corrected chi connectivity index (χ4v) is 3.13. The van der Waals surface area contributed by atoms with E-state index in [4.69, 9.17) is 16.3 Å². The molecule has 1 aromatic carbocycles. The van der Waals surface area contributed by atoms with Crippen LogP contribution in [0.4, 0.5) is 0 Å². The molecule has 114 valence electrons. The van der Waals surface area contributed by atoms with Crippen LogP contribution in [0.2, 0.25) is 5.02 Å². The van der Waals surface area contributed by atoms with Crippen LogP contribution in [0.5, 0.6) is 0 Å². The first-order valence-corrected chi connectivity index (χ1v) is 8.33. The van der Waals surface area contributed by atoms with Crippen LogP contribution in [0.25, 0.3) is 0 Å². The number of methoxy groups -OCH3 is 1. The third kappa shape index (κ3) is 7.07. The Kier molecular flexibility index (Phi) is 8.78. The van der Waals surface area contributed by atoms with Crippen molar-refractivity contribution >= 4 is 27.5 Å². The summed E-state index contributed by atoms with van der Waals surface area (Å²) < 4.78 is 6.10. The van der Waals surface area contributed by atoms with Crippen LogP contribution >= 0.6 is 27.5 Å². The Bertz CT molecular complexity index is 398. The molecule has 0 aliphatic rings. The average Bonchev–Trinajstić information content (AvgIpc) is 2.37. The highest BCUT2D eigenvalue weighted by Gasteiger charge is 2.13. The molecule has 0 aliphatic carbocycles. The molecule has 20 heavy (non-hydrogen) atoms. The molecule has 0 aromatic heterocycles. The van der Waals surface area contributed by atoms with Crippen LogP contribution < -0.4 is 5.32 Å². The van der Waals surface area contributed by atoms with Gasteiger partial charge >= 0.3 is 0 Å². The Hall–Kier alpha value is -0.0900. The topological polar surface area (TPSA) is 21.3 Å². The van der Waals surface area contributed by atoms with E-state index in [1.807, 2.05) is 6.07 Å². The minimum Gasteiger partial charge on any atom is -0.383 e. The van der Waals surface area contributed by atoms with Gasteiger partial charge in [-0.25, -0.2) is 0 Å². The quantitative estimate of drug-likeness (QED) is 0.651. The summed E-state index contributed by atoms with van der Waals surface area (Å²) in [5.41, 5.74) is 1.23. The molecule has 0 aliphatic heterocycles. The summed E-state index contributed by atoms with van der Waals surface area (Å²) in [6, 6.07) is 6.16. The smallest absolute Gasteiger partial charge is 0.0587 e. The molecule has 1 aromatic rings. The monoisotopic (exact) mass is 361 g/mol. The Balaban J connectivity index is 2.58. The molecule has 0 bridgehead atoms. The van der Waals surface area contributed by atoms with Crippen molar-refractivity contribution in [1.29, 1.82) is 0 Å². The van der Waals surface area contributed by atoms with Crippen LogP contribution in [-0.4, -0.2) is 26.8 Å². The van der Waals surface area contributed by atoms with Crippen molar-refractivity contribution in [2.24, 2.45) is 11.8 Å². The number of hydrogen-bond acceptors (Lipinski definition) is 2. The van der Waals surface area contributed by atoms with Crippen molar-refractivity contribution in [2.75, 3.05) is 26.8 Å². The summed E-state index contributed by atoms with van der Waals surface area (Å²) in [5, 5.41) is 4.32. The largest absolute Gasteiger partial charge is 0.383 e.